The maximum Gasteiger partial charge on any atom is 0.293 e. The molecule has 5 heterocycles. The minimum absolute atomic E-state index is 0.0252. The highest BCUT2D eigenvalue weighted by Gasteiger charge is 2.47. The fraction of sp³-hybridized carbons (Fsp3) is 0.787. The summed E-state index contributed by atoms with van der Waals surface area (Å²) in [5.74, 6) is -9.99. The van der Waals surface area contributed by atoms with E-state index >= 15 is 0 Å². The molecule has 0 aromatic heterocycles. The zero-order valence-electron chi connectivity index (χ0n) is 61.1. The Bertz CT molecular complexity index is 2850. The Morgan fingerprint density at radius 1 is 0.440 bits per heavy atom. The normalized spacial score (nSPS) is 20.8. The van der Waals surface area contributed by atoms with Gasteiger partial charge in [-0.05, 0) is 111 Å². The molecule has 25 heteroatoms. The van der Waals surface area contributed by atoms with Gasteiger partial charge in [0, 0.05) is 101 Å². The predicted molar refractivity (Wildman–Crippen MR) is 372 cm³/mol. The number of unbranched alkanes of at least 4 members (excludes halogenated alkanes) is 12. The fourth-order valence-corrected chi connectivity index (χ4v) is 15.1. The first-order valence-electron chi connectivity index (χ1n) is 37.9. The Morgan fingerprint density at radius 2 is 0.860 bits per heavy atom. The number of hydrogen-bond donors (Lipinski definition) is 3. The molecule has 0 spiro atoms. The molecule has 100 heavy (non-hydrogen) atoms. The van der Waals surface area contributed by atoms with Crippen LogP contribution in [-0.2, 0) is 81.4 Å². The molecule has 0 aromatic rings. The SMILES string of the molecule is CCCCCCCCCCCCCC(=O)NCC(=O)CC(CCCCC)C(=O)NC(CCC(C)=O)C(=O)CC(C)C(=O)N1CCCC1C(=O)N1CCCC1C(=O)CC(C)C(=O)N1CCCC1C(=O)N1CCCC1C(=O)CC(CCC(C)=O)C(=O)NC(COC=O)C(=O)N1CCCC1C(C)=O. The molecule has 11 atom stereocenters. The standard InChI is InChI=1S/C75H118N8O17/c1-8-10-12-13-14-15-16-17-18-19-21-33-68(92)76-47-57(88)45-55(27-20-11-9-2)69(93)77-58(37-35-53(6)86)65(89)43-50(3)71(95)82-41-25-31-63(82)74(98)80-39-23-29-61(80)66(90)44-51(4)72(96)83-42-26-32-64(83)75(99)81-40-24-30-62(81)67(91)46-56(36-34-52(5)85)70(94)78-59(48-100-49-84)73(97)79-38-22-28-60(79)54(7)87/h49-51,55-56,58-64H,8-48H2,1-7H3,(H,76,92)(H,77,93)(H,78,94). The van der Waals surface area contributed by atoms with Crippen LogP contribution in [0.5, 0.6) is 0 Å². The molecular formula is C75H118N8O17. The second-order valence-corrected chi connectivity index (χ2v) is 29.1. The van der Waals surface area contributed by atoms with E-state index in [1.165, 1.54) is 90.2 Å². The number of carbonyl (C=O) groups excluding carboxylic acids is 16. The number of rotatable bonds is 48. The summed E-state index contributed by atoms with van der Waals surface area (Å²) >= 11 is 0. The largest absolute Gasteiger partial charge is 0.465 e. The summed E-state index contributed by atoms with van der Waals surface area (Å²) in [6, 6.07) is -6.96. The highest BCUT2D eigenvalue weighted by molar-refractivity contribution is 6.00. The molecule has 5 saturated heterocycles. The maximum atomic E-state index is 14.6. The number of hydrogen-bond acceptors (Lipinski definition) is 17. The molecule has 5 aliphatic rings. The van der Waals surface area contributed by atoms with Crippen LogP contribution in [0.4, 0.5) is 0 Å². The number of carbonyl (C=O) groups is 16. The molecule has 0 aromatic carbocycles. The first-order valence-corrected chi connectivity index (χ1v) is 37.9. The van der Waals surface area contributed by atoms with Crippen LogP contribution in [0.25, 0.3) is 0 Å². The topological polar surface area (TPSA) is 335 Å². The van der Waals surface area contributed by atoms with Gasteiger partial charge in [0.05, 0.1) is 30.7 Å². The number of ketones is 7. The number of nitrogens with one attached hydrogen (secondary N) is 3. The zero-order chi connectivity index (χ0) is 73.4. The third kappa shape index (κ3) is 26.1. The molecule has 3 N–H and O–H groups in total. The molecule has 0 saturated carbocycles. The summed E-state index contributed by atoms with van der Waals surface area (Å²) in [7, 11) is 0. The van der Waals surface area contributed by atoms with Crippen molar-refractivity contribution in [3.8, 4) is 0 Å². The fourth-order valence-electron chi connectivity index (χ4n) is 15.1. The van der Waals surface area contributed by atoms with Crippen LogP contribution in [0.3, 0.4) is 0 Å². The van der Waals surface area contributed by atoms with Gasteiger partial charge in [-0.25, -0.2) is 0 Å². The van der Waals surface area contributed by atoms with Crippen LogP contribution < -0.4 is 16.0 Å². The number of likely N-dealkylation sites (tertiary alicyclic amines) is 5. The van der Waals surface area contributed by atoms with Crippen molar-refractivity contribution >= 4 is 94.2 Å². The van der Waals surface area contributed by atoms with Gasteiger partial charge in [-0.1, -0.05) is 111 Å². The van der Waals surface area contributed by atoms with Crippen LogP contribution in [0.1, 0.15) is 267 Å². The molecule has 5 rings (SSSR count). The smallest absolute Gasteiger partial charge is 0.293 e. The van der Waals surface area contributed by atoms with Gasteiger partial charge < -0.3 is 54.8 Å². The maximum absolute atomic E-state index is 14.6. The van der Waals surface area contributed by atoms with E-state index in [0.29, 0.717) is 77.0 Å². The zero-order valence-corrected chi connectivity index (χ0v) is 61.1. The molecule has 5 fully saturated rings. The Kier molecular flexibility index (Phi) is 36.5. The second-order valence-electron chi connectivity index (χ2n) is 29.1. The lowest BCUT2D eigenvalue weighted by Crippen LogP contribution is -2.55. The quantitative estimate of drug-likeness (QED) is 0.0402. The summed E-state index contributed by atoms with van der Waals surface area (Å²) in [6.45, 7) is 12.0. The number of Topliss-reactive ketones (excluding diaryl/α,β-unsaturated/α-hetero) is 7. The van der Waals surface area contributed by atoms with E-state index in [2.05, 4.69) is 22.9 Å². The van der Waals surface area contributed by atoms with Gasteiger partial charge in [-0.2, -0.15) is 0 Å². The van der Waals surface area contributed by atoms with Crippen LogP contribution >= 0.6 is 0 Å². The van der Waals surface area contributed by atoms with E-state index in [9.17, 15) is 76.7 Å². The number of amides is 8. The van der Waals surface area contributed by atoms with Crippen molar-refractivity contribution in [2.24, 2.45) is 23.7 Å². The highest BCUT2D eigenvalue weighted by atomic mass is 16.5. The van der Waals surface area contributed by atoms with Gasteiger partial charge >= 0.3 is 0 Å². The van der Waals surface area contributed by atoms with Crippen molar-refractivity contribution in [1.29, 1.82) is 0 Å². The summed E-state index contributed by atoms with van der Waals surface area (Å²) < 4.78 is 4.90. The second kappa shape index (κ2) is 43.7. The lowest BCUT2D eigenvalue weighted by atomic mass is 9.91. The molecule has 560 valence electrons. The van der Waals surface area contributed by atoms with Crippen LogP contribution in [-0.4, -0.2) is 207 Å². The minimum atomic E-state index is -1.38. The Hall–Kier alpha value is -7.08. The van der Waals surface area contributed by atoms with Crippen molar-refractivity contribution < 1.29 is 81.4 Å². The summed E-state index contributed by atoms with van der Waals surface area (Å²) in [6.07, 6.45) is 18.4. The van der Waals surface area contributed by atoms with Gasteiger partial charge in [-0.3, -0.25) is 67.1 Å². The van der Waals surface area contributed by atoms with Crippen LogP contribution in [0.2, 0.25) is 0 Å². The highest BCUT2D eigenvalue weighted by Crippen LogP contribution is 2.32. The average Bonchev–Trinajstić information content (AvgIpc) is 1.66. The first kappa shape index (κ1) is 83.6. The Labute approximate surface area is 592 Å². The van der Waals surface area contributed by atoms with Crippen LogP contribution in [0.15, 0.2) is 0 Å². The van der Waals surface area contributed by atoms with Crippen molar-refractivity contribution in [3.05, 3.63) is 0 Å². The molecule has 11 unspecified atom stereocenters. The first-order chi connectivity index (χ1) is 47.8. The molecule has 25 nitrogen and oxygen atoms in total. The molecule has 0 aliphatic carbocycles. The monoisotopic (exact) mass is 1400 g/mol. The van der Waals surface area contributed by atoms with E-state index in [1.807, 2.05) is 6.92 Å². The molecule has 0 bridgehead atoms. The number of ether oxygens (including phenoxy) is 1. The van der Waals surface area contributed by atoms with Crippen molar-refractivity contribution in [3.63, 3.8) is 0 Å². The summed E-state index contributed by atoms with van der Waals surface area (Å²) in [5.41, 5.74) is 0. The van der Waals surface area contributed by atoms with E-state index in [0.717, 1.165) is 38.5 Å². The Balaban J connectivity index is 1.15. The van der Waals surface area contributed by atoms with E-state index in [1.54, 1.807) is 13.8 Å². The summed E-state index contributed by atoms with van der Waals surface area (Å²) in [5, 5.41) is 8.16. The predicted octanol–water partition coefficient (Wildman–Crippen LogP) is 7.15. The lowest BCUT2D eigenvalue weighted by molar-refractivity contribution is -0.150. The van der Waals surface area contributed by atoms with Gasteiger partial charge in [0.1, 0.15) is 36.3 Å². The minimum Gasteiger partial charge on any atom is -0.465 e. The van der Waals surface area contributed by atoms with Gasteiger partial charge in [0.2, 0.25) is 47.3 Å². The third-order valence-electron chi connectivity index (χ3n) is 20.9. The van der Waals surface area contributed by atoms with E-state index in [-0.39, 0.29) is 132 Å². The third-order valence-corrected chi connectivity index (χ3v) is 20.9. The van der Waals surface area contributed by atoms with Gasteiger partial charge in [0.25, 0.3) is 6.47 Å². The van der Waals surface area contributed by atoms with E-state index < -0.39 is 132 Å². The van der Waals surface area contributed by atoms with E-state index in [4.69, 9.17) is 4.74 Å². The Morgan fingerprint density at radius 3 is 1.36 bits per heavy atom. The van der Waals surface area contributed by atoms with Gasteiger partial charge in [-0.15, -0.1) is 0 Å². The number of nitrogens with zero attached hydrogens (tertiary/aromatic N) is 5. The van der Waals surface area contributed by atoms with Crippen molar-refractivity contribution in [2.75, 3.05) is 45.9 Å². The summed E-state index contributed by atoms with van der Waals surface area (Å²) in [4.78, 5) is 224. The molecule has 8 amide bonds. The average molecular weight is 1400 g/mol. The molecule has 5 aliphatic heterocycles. The van der Waals surface area contributed by atoms with Crippen molar-refractivity contribution in [1.82, 2.24) is 40.4 Å². The van der Waals surface area contributed by atoms with Crippen LogP contribution in [0, 0.1) is 23.7 Å². The molecule has 0 radical (unpaired) electrons. The van der Waals surface area contributed by atoms with Gasteiger partial charge in [0.15, 0.2) is 28.9 Å². The van der Waals surface area contributed by atoms with Crippen molar-refractivity contribution in [2.45, 2.75) is 309 Å². The lowest BCUT2D eigenvalue weighted by Gasteiger charge is -2.33. The molecular weight excluding hydrogens is 1280 g/mol.